The summed E-state index contributed by atoms with van der Waals surface area (Å²) in [5, 5.41) is 47.6. The summed E-state index contributed by atoms with van der Waals surface area (Å²) in [6, 6.07) is 44.0. The Morgan fingerprint density at radius 1 is 0.558 bits per heavy atom. The maximum absolute atomic E-state index is 12.7. The van der Waals surface area contributed by atoms with E-state index in [2.05, 4.69) is 165 Å². The van der Waals surface area contributed by atoms with E-state index >= 15 is 0 Å². The van der Waals surface area contributed by atoms with Gasteiger partial charge in [-0.3, -0.25) is 38.6 Å². The van der Waals surface area contributed by atoms with Crippen molar-refractivity contribution in [2.75, 3.05) is 46.4 Å². The van der Waals surface area contributed by atoms with E-state index in [-0.39, 0.29) is 72.8 Å². The van der Waals surface area contributed by atoms with E-state index in [4.69, 9.17) is 31.2 Å². The van der Waals surface area contributed by atoms with Crippen molar-refractivity contribution >= 4 is 76.9 Å². The third kappa shape index (κ3) is 39.5. The molecule has 0 saturated carbocycles. The Hall–Kier alpha value is -9.10. The van der Waals surface area contributed by atoms with Gasteiger partial charge < -0.3 is 51.6 Å². The number of aliphatic imine (C=N–C) groups is 1. The average Bonchev–Trinajstić information content (AvgIpc) is 1.75. The second-order valence-electron chi connectivity index (χ2n) is 28.0. The third-order valence-corrected chi connectivity index (χ3v) is 19.0. The van der Waals surface area contributed by atoms with Crippen LogP contribution in [0.1, 0.15) is 176 Å². The number of fused-ring (bicyclic) bond motifs is 1. The van der Waals surface area contributed by atoms with Gasteiger partial charge in [0.05, 0.1) is 68.4 Å². The first-order valence-electron chi connectivity index (χ1n) is 37.7. The van der Waals surface area contributed by atoms with E-state index in [1.54, 1.807) is 40.7 Å². The summed E-state index contributed by atoms with van der Waals surface area (Å²) in [6.07, 6.45) is 2.07. The van der Waals surface area contributed by atoms with Gasteiger partial charge in [0.25, 0.3) is 5.91 Å². The van der Waals surface area contributed by atoms with Crippen molar-refractivity contribution in [3.8, 4) is 0 Å². The number of aromatic nitrogens is 8. The van der Waals surface area contributed by atoms with Crippen molar-refractivity contribution in [2.24, 2.45) is 63.8 Å². The number of carboxylic acid groups (broad SMARTS) is 2. The molecule has 31 heteroatoms. The van der Waals surface area contributed by atoms with Gasteiger partial charge in [-0.05, 0) is 144 Å². The number of likely N-dealkylation sites (N-methyl/N-ethyl adjacent to an activating group) is 1. The molecule has 2 aromatic heterocycles. The molecular weight excluding hydrogens is 1470 g/mol. The largest absolute Gasteiger partial charge is 1.00 e. The Kier molecular flexibility index (Phi) is 52.4. The number of aliphatic carboxylic acids is 2. The van der Waals surface area contributed by atoms with Gasteiger partial charge in [0.2, 0.25) is 5.91 Å². The number of tetrazole rings is 2. The van der Waals surface area contributed by atoms with Gasteiger partial charge in [0.15, 0.2) is 17.8 Å². The van der Waals surface area contributed by atoms with Gasteiger partial charge >= 0.3 is 54.9 Å². The summed E-state index contributed by atoms with van der Waals surface area (Å²) in [4.78, 5) is 85.2. The molecule has 0 aliphatic carbocycles. The Morgan fingerprint density at radius 3 is 1.31 bits per heavy atom. The summed E-state index contributed by atoms with van der Waals surface area (Å²) < 4.78 is 55.7. The van der Waals surface area contributed by atoms with Crippen molar-refractivity contribution in [3.05, 3.63) is 168 Å². The number of benzene rings is 5. The van der Waals surface area contributed by atoms with Crippen molar-refractivity contribution in [1.82, 2.24) is 45.7 Å². The number of benzodiazepines with no additional fused rings is 1. The Morgan fingerprint density at radius 2 is 0.938 bits per heavy atom. The number of carboxylic acids is 2. The minimum atomic E-state index is -4.41. The number of ether oxygens (including phenoxy) is 3. The number of amides is 2. The molecule has 0 bridgehead atoms. The zero-order valence-corrected chi connectivity index (χ0v) is 69.8. The van der Waals surface area contributed by atoms with E-state index in [0.717, 1.165) is 69.7 Å². The van der Waals surface area contributed by atoms with Crippen LogP contribution in [0.3, 0.4) is 0 Å². The van der Waals surface area contributed by atoms with E-state index in [1.165, 1.54) is 54.3 Å². The average molecular weight is 1590 g/mol. The summed E-state index contributed by atoms with van der Waals surface area (Å²) in [7, 11) is 5.20. The number of hydrogen-bond donors (Lipinski definition) is 5. The molecule has 0 unspecified atom stereocenters. The number of methoxy groups -OCH3 is 3. The smallest absolute Gasteiger partial charge is 0.870 e. The SMILES string of the molecule is CCCN.CCCNC(=O)C[C@@H](CC(C)C)C(=O)OC.CCCn1nnnc1C[C@@H](CC(C)C)C(=O)O.CCCn1nnnc1C[C@@H](CC(C)C)C(=O)OC.CN1C(=O)[C@@H](N)N=C(c2ccc(C(F)(F)F)cc2)c2ccccc21.COC(=O)[C@@H](CC(=O)O)CC(C)C.[Li+].[OH-].c1ccc(P(c2ccccc2)c2ccccc2)cc1. The number of aryl methyl sites for hydroxylation is 2. The van der Waals surface area contributed by atoms with E-state index in [0.29, 0.717) is 90.7 Å². The first-order valence-corrected chi connectivity index (χ1v) is 39.1. The van der Waals surface area contributed by atoms with Crippen LogP contribution in [-0.2, 0) is 79.9 Å². The summed E-state index contributed by atoms with van der Waals surface area (Å²) in [5.41, 5.74) is 12.2. The van der Waals surface area contributed by atoms with Crippen molar-refractivity contribution in [2.45, 2.75) is 186 Å². The first kappa shape index (κ1) is 104. The number of nitrogens with one attached hydrogen (secondary N) is 1. The molecule has 0 spiro atoms. The van der Waals surface area contributed by atoms with Crippen LogP contribution in [0.15, 0.2) is 145 Å². The molecule has 7 aromatic rings. The van der Waals surface area contributed by atoms with Crippen LogP contribution in [0.2, 0.25) is 0 Å². The Labute approximate surface area is 678 Å². The van der Waals surface area contributed by atoms with E-state index < -0.39 is 55.6 Å². The number of hydrogen-bond acceptors (Lipinski definition) is 20. The van der Waals surface area contributed by atoms with E-state index in [1.807, 2.05) is 55.4 Å². The molecule has 2 amide bonds. The number of esters is 3. The normalized spacial score (nSPS) is 13.0. The van der Waals surface area contributed by atoms with Gasteiger partial charge in [0, 0.05) is 57.1 Å². The maximum Gasteiger partial charge on any atom is 1.00 e. The fraction of sp³-hybridized carbons (Fsp3) is 0.512. The first-order chi connectivity index (χ1) is 52.7. The number of halogens is 3. The molecule has 0 fully saturated rings. The minimum absolute atomic E-state index is 0. The zero-order valence-electron chi connectivity index (χ0n) is 68.9. The van der Waals surface area contributed by atoms with Gasteiger partial charge in [-0.25, -0.2) is 9.36 Å². The van der Waals surface area contributed by atoms with Crippen LogP contribution in [0, 0.1) is 47.3 Å². The molecule has 113 heavy (non-hydrogen) atoms. The number of nitrogens with two attached hydrogens (primary N) is 2. The molecule has 8 N–H and O–H groups in total. The van der Waals surface area contributed by atoms with Gasteiger partial charge in [-0.15, -0.1) is 10.2 Å². The Bertz CT molecular complexity index is 3760. The van der Waals surface area contributed by atoms with Crippen LogP contribution in [0.4, 0.5) is 18.9 Å². The molecule has 5 atom stereocenters. The van der Waals surface area contributed by atoms with Crippen LogP contribution in [0.25, 0.3) is 0 Å². The predicted octanol–water partition coefficient (Wildman–Crippen LogP) is 9.30. The van der Waals surface area contributed by atoms with Crippen molar-refractivity contribution in [1.29, 1.82) is 0 Å². The summed E-state index contributed by atoms with van der Waals surface area (Å²) in [5.74, 6) is -1.62. The fourth-order valence-electron chi connectivity index (χ4n) is 11.3. The third-order valence-electron chi connectivity index (χ3n) is 16.5. The van der Waals surface area contributed by atoms with Gasteiger partial charge in [-0.2, -0.15) is 13.2 Å². The second kappa shape index (κ2) is 57.0. The molecule has 618 valence electrons. The minimum Gasteiger partial charge on any atom is -0.870 e. The number of alkyl halides is 3. The molecule has 8 rings (SSSR count). The predicted molar refractivity (Wildman–Crippen MR) is 431 cm³/mol. The quantitative estimate of drug-likeness (QED) is 0.0117. The van der Waals surface area contributed by atoms with Crippen molar-refractivity contribution in [3.63, 3.8) is 0 Å². The van der Waals surface area contributed by atoms with Crippen LogP contribution < -0.4 is 56.5 Å². The molecular formula is C82H120F3LiN13O13P. The molecule has 0 saturated heterocycles. The number of rotatable bonds is 31. The molecule has 3 heterocycles. The molecule has 0 radical (unpaired) electrons. The number of carbonyl (C=O) groups is 7. The monoisotopic (exact) mass is 1590 g/mol. The number of nitrogens with zero attached hydrogens (tertiary/aromatic N) is 10. The topological polar surface area (TPSA) is 385 Å². The van der Waals surface area contributed by atoms with E-state index in [9.17, 15) is 46.7 Å². The number of anilines is 1. The fourth-order valence-corrected chi connectivity index (χ4v) is 13.6. The van der Waals surface area contributed by atoms with Crippen LogP contribution in [-0.4, -0.2) is 151 Å². The number of para-hydroxylation sites is 1. The molecule has 26 nitrogen and oxygen atoms in total. The zero-order chi connectivity index (χ0) is 83.2. The Balaban J connectivity index is 0.00000133. The number of carbonyl (C=O) groups excluding carboxylic acids is 5. The summed E-state index contributed by atoms with van der Waals surface area (Å²) >= 11 is 0. The van der Waals surface area contributed by atoms with Crippen LogP contribution in [0.5, 0.6) is 0 Å². The van der Waals surface area contributed by atoms with Crippen LogP contribution >= 0.6 is 7.92 Å². The molecule has 1 aliphatic rings. The van der Waals surface area contributed by atoms with Crippen molar-refractivity contribution < 1.29 is 95.5 Å². The van der Waals surface area contributed by atoms with Gasteiger partial charge in [0.1, 0.15) is 0 Å². The standard InChI is InChI=1S/C18H15P.C17H14F3N3O.C12H22N4O2.C12H23NO3.C11H20N4O2.C9H16O4.C3H9N.Li.H2O/c1-4-10-16(11-5-1)19(17-12-6-2-7-13-17)18-14-8-3-9-15-18;1-23-13-5-3-2-4-12(13)14(22-15(21)16(23)24)10-6-8-11(9-7-10)17(18,19)20;1-5-6-16-11(13-14-15-16)8-10(7-9(2)3)12(17)18-4;1-5-6-13-11(14)8-10(7-9(2)3)12(15)16-4;1-4-5-15-10(12-13-14-15)7-9(11(16)17)6-8(2)3;1-6(2)4-7(5-8(10)11)9(12)13-3;1-2-3-4;;/h1-15H;2-9,15H,21H2,1H3;9-10H,5-8H2,1-4H3;9-10H,5-8H2,1-4H3,(H,13,14);8-9H,4-7H2,1-3H3,(H,16,17);6-7H,4-5H2,1-3H3,(H,10,11);2-4H2,1H3;;1H2/q;;;;;;;+1;/p-1/t;15-;2*10-;9-;7-;;;/m.01111.../s1. The summed E-state index contributed by atoms with van der Waals surface area (Å²) in [6.45, 7) is 27.3. The molecule has 5 aromatic carbocycles. The maximum atomic E-state index is 12.7. The second-order valence-corrected chi connectivity index (χ2v) is 30.2. The van der Waals surface area contributed by atoms with Gasteiger partial charge in [-0.1, -0.05) is 204 Å². The molecule has 1 aliphatic heterocycles.